The number of nitrogens with zero attached hydrogens (tertiary/aromatic N) is 2. The maximum atomic E-state index is 6.04. The van der Waals surface area contributed by atoms with Gasteiger partial charge in [-0.1, -0.05) is 29.3 Å². The number of halogens is 2. The molecular formula is C10H8Cl2N4. The summed E-state index contributed by atoms with van der Waals surface area (Å²) in [5, 5.41) is 0.839. The average Bonchev–Trinajstić information content (AvgIpc) is 2.26. The highest BCUT2D eigenvalue weighted by Crippen LogP contribution is 2.32. The topological polar surface area (TPSA) is 77.8 Å². The minimum Gasteiger partial charge on any atom is -0.394 e. The van der Waals surface area contributed by atoms with E-state index in [1.54, 1.807) is 18.2 Å². The molecule has 0 saturated carbocycles. The van der Waals surface area contributed by atoms with E-state index in [0.717, 1.165) is 0 Å². The van der Waals surface area contributed by atoms with Crippen molar-refractivity contribution in [1.82, 2.24) is 9.97 Å². The second-order valence-corrected chi connectivity index (χ2v) is 3.92. The van der Waals surface area contributed by atoms with Gasteiger partial charge in [0, 0.05) is 5.56 Å². The monoisotopic (exact) mass is 254 g/mol. The lowest BCUT2D eigenvalue weighted by molar-refractivity contribution is 1.19. The van der Waals surface area contributed by atoms with E-state index in [4.69, 9.17) is 34.7 Å². The molecule has 0 aliphatic carbocycles. The number of anilines is 2. The normalized spacial score (nSPS) is 10.4. The number of aromatic nitrogens is 2. The molecule has 1 heterocycles. The lowest BCUT2D eigenvalue weighted by Gasteiger charge is -2.05. The molecule has 0 saturated heterocycles. The molecule has 16 heavy (non-hydrogen) atoms. The van der Waals surface area contributed by atoms with Crippen molar-refractivity contribution < 1.29 is 0 Å². The van der Waals surface area contributed by atoms with Crippen LogP contribution in [0.3, 0.4) is 0 Å². The van der Waals surface area contributed by atoms with E-state index in [1.165, 1.54) is 6.20 Å². The van der Waals surface area contributed by atoms with Crippen molar-refractivity contribution in [3.63, 3.8) is 0 Å². The van der Waals surface area contributed by atoms with E-state index >= 15 is 0 Å². The molecule has 0 amide bonds. The van der Waals surface area contributed by atoms with Crippen LogP contribution in [0, 0.1) is 0 Å². The zero-order chi connectivity index (χ0) is 11.7. The van der Waals surface area contributed by atoms with Gasteiger partial charge in [0.25, 0.3) is 0 Å². The molecule has 1 aromatic heterocycles. The smallest absolute Gasteiger partial charge is 0.163 e. The Bertz CT molecular complexity index is 542. The van der Waals surface area contributed by atoms with Gasteiger partial charge in [-0.25, -0.2) is 9.97 Å². The van der Waals surface area contributed by atoms with Crippen molar-refractivity contribution in [2.24, 2.45) is 0 Å². The molecule has 6 heteroatoms. The van der Waals surface area contributed by atoms with Crippen LogP contribution in [-0.2, 0) is 0 Å². The van der Waals surface area contributed by atoms with Crippen LogP contribution in [0.5, 0.6) is 0 Å². The summed E-state index contributed by atoms with van der Waals surface area (Å²) in [6.07, 6.45) is 1.44. The van der Waals surface area contributed by atoms with Crippen molar-refractivity contribution in [2.75, 3.05) is 11.5 Å². The van der Waals surface area contributed by atoms with E-state index in [1.807, 2.05) is 0 Å². The maximum Gasteiger partial charge on any atom is 0.163 e. The quantitative estimate of drug-likeness (QED) is 0.820. The average molecular weight is 255 g/mol. The van der Waals surface area contributed by atoms with Crippen LogP contribution in [0.1, 0.15) is 0 Å². The molecule has 4 N–H and O–H groups in total. The third kappa shape index (κ3) is 1.89. The van der Waals surface area contributed by atoms with Gasteiger partial charge in [0.15, 0.2) is 11.6 Å². The number of hydrogen-bond acceptors (Lipinski definition) is 4. The molecule has 0 spiro atoms. The molecule has 1 aromatic carbocycles. The van der Waals surface area contributed by atoms with Gasteiger partial charge in [-0.2, -0.15) is 0 Å². The van der Waals surface area contributed by atoms with Gasteiger partial charge in [0.2, 0.25) is 0 Å². The molecule has 2 rings (SSSR count). The Hall–Kier alpha value is -1.52. The van der Waals surface area contributed by atoms with Crippen molar-refractivity contribution in [2.45, 2.75) is 0 Å². The second-order valence-electron chi connectivity index (χ2n) is 3.14. The molecule has 2 aromatic rings. The van der Waals surface area contributed by atoms with Crippen LogP contribution in [0.4, 0.5) is 11.5 Å². The molecule has 0 aliphatic heterocycles. The van der Waals surface area contributed by atoms with Crippen LogP contribution in [0.15, 0.2) is 24.4 Å². The molecule has 0 radical (unpaired) electrons. The van der Waals surface area contributed by atoms with Crippen LogP contribution in [0.2, 0.25) is 10.0 Å². The van der Waals surface area contributed by atoms with E-state index in [9.17, 15) is 0 Å². The second kappa shape index (κ2) is 4.15. The first-order chi connectivity index (χ1) is 7.59. The summed E-state index contributed by atoms with van der Waals surface area (Å²) in [6.45, 7) is 0. The van der Waals surface area contributed by atoms with Crippen molar-refractivity contribution in [1.29, 1.82) is 0 Å². The van der Waals surface area contributed by atoms with E-state index in [2.05, 4.69) is 9.97 Å². The van der Waals surface area contributed by atoms with Crippen LogP contribution < -0.4 is 11.5 Å². The fourth-order valence-corrected chi connectivity index (χ4v) is 1.60. The summed E-state index contributed by atoms with van der Waals surface area (Å²) in [5.41, 5.74) is 12.1. The number of nitrogens with two attached hydrogens (primary N) is 2. The van der Waals surface area contributed by atoms with Gasteiger partial charge in [0.1, 0.15) is 0 Å². The van der Waals surface area contributed by atoms with Crippen molar-refractivity contribution in [3.05, 3.63) is 34.4 Å². The summed E-state index contributed by atoms with van der Waals surface area (Å²) < 4.78 is 0. The Kier molecular flexibility index (Phi) is 2.85. The van der Waals surface area contributed by atoms with Crippen molar-refractivity contribution >= 4 is 34.7 Å². The van der Waals surface area contributed by atoms with Crippen LogP contribution in [-0.4, -0.2) is 9.97 Å². The first-order valence-electron chi connectivity index (χ1n) is 4.42. The lowest BCUT2D eigenvalue weighted by atomic mass is 10.2. The minimum absolute atomic E-state index is 0.223. The number of benzene rings is 1. The van der Waals surface area contributed by atoms with E-state index in [-0.39, 0.29) is 5.82 Å². The highest BCUT2D eigenvalue weighted by atomic mass is 35.5. The molecule has 4 nitrogen and oxygen atoms in total. The number of nitrogen functional groups attached to an aromatic ring is 2. The first kappa shape index (κ1) is 11.0. The molecule has 0 bridgehead atoms. The van der Waals surface area contributed by atoms with Crippen LogP contribution >= 0.6 is 23.2 Å². The van der Waals surface area contributed by atoms with Gasteiger partial charge < -0.3 is 11.5 Å². The summed E-state index contributed by atoms with van der Waals surface area (Å²) in [7, 11) is 0. The zero-order valence-corrected chi connectivity index (χ0v) is 9.63. The van der Waals surface area contributed by atoms with Gasteiger partial charge in [-0.05, 0) is 12.1 Å². The standard InChI is InChI=1S/C10H8Cl2N4/c11-6-3-1-2-5(8(6)12)10-15-4-7(13)9(14)16-10/h1-4H,13H2,(H2,14,15,16). The summed E-state index contributed by atoms with van der Waals surface area (Å²) in [4.78, 5) is 8.10. The largest absolute Gasteiger partial charge is 0.394 e. The maximum absolute atomic E-state index is 6.04. The third-order valence-corrected chi connectivity index (χ3v) is 2.86. The number of hydrogen-bond donors (Lipinski definition) is 2. The molecule has 0 aliphatic rings. The Morgan fingerprint density at radius 1 is 1.12 bits per heavy atom. The first-order valence-corrected chi connectivity index (χ1v) is 5.17. The molecular weight excluding hydrogens is 247 g/mol. The Morgan fingerprint density at radius 3 is 2.56 bits per heavy atom. The molecule has 0 fully saturated rings. The van der Waals surface area contributed by atoms with Gasteiger partial charge in [-0.3, -0.25) is 0 Å². The van der Waals surface area contributed by atoms with Gasteiger partial charge >= 0.3 is 0 Å². The highest BCUT2D eigenvalue weighted by molar-refractivity contribution is 6.43. The molecule has 82 valence electrons. The number of rotatable bonds is 1. The summed E-state index contributed by atoms with van der Waals surface area (Å²) in [6, 6.07) is 5.21. The van der Waals surface area contributed by atoms with Crippen LogP contribution in [0.25, 0.3) is 11.4 Å². The predicted octanol–water partition coefficient (Wildman–Crippen LogP) is 2.61. The van der Waals surface area contributed by atoms with E-state index < -0.39 is 0 Å². The Morgan fingerprint density at radius 2 is 1.88 bits per heavy atom. The summed E-state index contributed by atoms with van der Waals surface area (Å²) in [5.74, 6) is 0.625. The predicted molar refractivity (Wildman–Crippen MR) is 66.3 cm³/mol. The zero-order valence-electron chi connectivity index (χ0n) is 8.11. The Labute approximate surface area is 102 Å². The van der Waals surface area contributed by atoms with Crippen molar-refractivity contribution in [3.8, 4) is 11.4 Å². The fourth-order valence-electron chi connectivity index (χ4n) is 1.21. The third-order valence-electron chi connectivity index (χ3n) is 2.04. The SMILES string of the molecule is Nc1cnc(-c2cccc(Cl)c2Cl)nc1N. The highest BCUT2D eigenvalue weighted by Gasteiger charge is 2.10. The fraction of sp³-hybridized carbons (Fsp3) is 0. The Balaban J connectivity index is 2.59. The van der Waals surface area contributed by atoms with E-state index in [0.29, 0.717) is 27.1 Å². The minimum atomic E-state index is 0.223. The molecule has 0 atom stereocenters. The molecule has 0 unspecified atom stereocenters. The van der Waals surface area contributed by atoms with Gasteiger partial charge in [-0.15, -0.1) is 0 Å². The lowest BCUT2D eigenvalue weighted by Crippen LogP contribution is -2.01. The van der Waals surface area contributed by atoms with Gasteiger partial charge in [0.05, 0.1) is 21.9 Å². The summed E-state index contributed by atoms with van der Waals surface area (Å²) >= 11 is 11.9.